The van der Waals surface area contributed by atoms with E-state index in [2.05, 4.69) is 26.8 Å². The van der Waals surface area contributed by atoms with Crippen LogP contribution in [0.5, 0.6) is 0 Å². The highest BCUT2D eigenvalue weighted by Gasteiger charge is 2.61. The van der Waals surface area contributed by atoms with E-state index < -0.39 is 5.60 Å². The predicted molar refractivity (Wildman–Crippen MR) is 88.3 cm³/mol. The Bertz CT molecular complexity index is 508. The molecule has 0 amide bonds. The smallest absolute Gasteiger partial charge is 0.0675 e. The van der Waals surface area contributed by atoms with E-state index in [-0.39, 0.29) is 11.5 Å². The lowest BCUT2D eigenvalue weighted by molar-refractivity contribution is -0.115. The van der Waals surface area contributed by atoms with Crippen LogP contribution in [0.3, 0.4) is 0 Å². The highest BCUT2D eigenvalue weighted by Crippen LogP contribution is 2.66. The molecular weight excluding hydrogens is 272 g/mol. The number of hydrogen-bond acceptors (Lipinski definition) is 2. The summed E-state index contributed by atoms with van der Waals surface area (Å²) in [6.45, 7) is 6.90. The van der Waals surface area contributed by atoms with Gasteiger partial charge in [-0.05, 0) is 86.9 Å². The summed E-state index contributed by atoms with van der Waals surface area (Å²) in [6, 6.07) is 0. The van der Waals surface area contributed by atoms with Gasteiger partial charge in [0.15, 0.2) is 0 Å². The lowest BCUT2D eigenvalue weighted by atomic mass is 9.47. The molecule has 0 bridgehead atoms. The monoisotopic (exact) mass is 304 g/mol. The minimum absolute atomic E-state index is 0.114. The number of hydrogen-bond donors (Lipinski definition) is 2. The van der Waals surface area contributed by atoms with E-state index in [0.717, 1.165) is 37.5 Å². The summed E-state index contributed by atoms with van der Waals surface area (Å²) in [6.07, 6.45) is 11.2. The van der Waals surface area contributed by atoms with Crippen molar-refractivity contribution in [2.45, 2.75) is 83.8 Å². The molecule has 0 aromatic heterocycles. The quantitative estimate of drug-likeness (QED) is 0.663. The van der Waals surface area contributed by atoms with Crippen molar-refractivity contribution in [3.63, 3.8) is 0 Å². The Morgan fingerprint density at radius 1 is 1.00 bits per heavy atom. The third kappa shape index (κ3) is 1.80. The van der Waals surface area contributed by atoms with Crippen LogP contribution in [0.15, 0.2) is 11.6 Å². The maximum atomic E-state index is 10.9. The molecule has 4 rings (SSSR count). The molecule has 0 heterocycles. The first-order valence-corrected chi connectivity index (χ1v) is 9.38. The average molecular weight is 304 g/mol. The topological polar surface area (TPSA) is 40.5 Å². The van der Waals surface area contributed by atoms with Gasteiger partial charge in [0.2, 0.25) is 0 Å². The Kier molecular flexibility index (Phi) is 3.18. The van der Waals surface area contributed by atoms with Crippen molar-refractivity contribution in [2.24, 2.45) is 28.6 Å². The minimum atomic E-state index is -0.476. The van der Waals surface area contributed by atoms with Gasteiger partial charge in [0.1, 0.15) is 0 Å². The molecule has 0 aromatic rings. The molecule has 0 spiro atoms. The standard InChI is InChI=1S/C20H32O2/c1-18-9-6-14(21)12-13(18)4-5-15-16(18)7-10-19(2)17(15)8-11-20(19,3)22/h4,14-17,21-22H,5-12H2,1-3H3/t14-,15+,16+,17-,18-,19-,20-/m0/s1. The average Bonchev–Trinajstić information content (AvgIpc) is 2.70. The van der Waals surface area contributed by atoms with Crippen molar-refractivity contribution in [2.75, 3.05) is 0 Å². The molecule has 4 aliphatic rings. The summed E-state index contributed by atoms with van der Waals surface area (Å²) in [7, 11) is 0. The zero-order valence-corrected chi connectivity index (χ0v) is 14.4. The molecule has 0 aromatic carbocycles. The van der Waals surface area contributed by atoms with Crippen LogP contribution in [-0.4, -0.2) is 21.9 Å². The van der Waals surface area contributed by atoms with Gasteiger partial charge in [0.25, 0.3) is 0 Å². The minimum Gasteiger partial charge on any atom is -0.393 e. The van der Waals surface area contributed by atoms with Gasteiger partial charge < -0.3 is 10.2 Å². The summed E-state index contributed by atoms with van der Waals surface area (Å²) >= 11 is 0. The highest BCUT2D eigenvalue weighted by atomic mass is 16.3. The zero-order valence-electron chi connectivity index (χ0n) is 14.4. The molecule has 0 aliphatic heterocycles. The number of aliphatic hydroxyl groups excluding tert-OH is 1. The van der Waals surface area contributed by atoms with E-state index in [9.17, 15) is 10.2 Å². The van der Waals surface area contributed by atoms with Gasteiger partial charge in [-0.1, -0.05) is 25.5 Å². The van der Waals surface area contributed by atoms with Crippen LogP contribution < -0.4 is 0 Å². The highest BCUT2D eigenvalue weighted by molar-refractivity contribution is 5.26. The van der Waals surface area contributed by atoms with Crippen LogP contribution in [0, 0.1) is 28.6 Å². The Morgan fingerprint density at radius 2 is 1.73 bits per heavy atom. The number of rotatable bonds is 0. The van der Waals surface area contributed by atoms with E-state index in [1.807, 2.05) is 0 Å². The second-order valence-corrected chi connectivity index (χ2v) is 9.42. The van der Waals surface area contributed by atoms with Crippen LogP contribution >= 0.6 is 0 Å². The van der Waals surface area contributed by atoms with Gasteiger partial charge in [0, 0.05) is 0 Å². The first-order chi connectivity index (χ1) is 10.3. The summed E-state index contributed by atoms with van der Waals surface area (Å²) in [5, 5.41) is 21.0. The maximum Gasteiger partial charge on any atom is 0.0675 e. The van der Waals surface area contributed by atoms with Gasteiger partial charge in [-0.25, -0.2) is 0 Å². The maximum absolute atomic E-state index is 10.9. The first-order valence-electron chi connectivity index (χ1n) is 9.38. The summed E-state index contributed by atoms with van der Waals surface area (Å²) in [5.74, 6) is 2.20. The third-order valence-corrected chi connectivity index (χ3v) is 8.64. The Balaban J connectivity index is 1.69. The normalized spacial score (nSPS) is 57.6. The van der Waals surface area contributed by atoms with Crippen LogP contribution in [-0.2, 0) is 0 Å². The van der Waals surface area contributed by atoms with Gasteiger partial charge in [-0.3, -0.25) is 0 Å². The molecule has 4 aliphatic carbocycles. The fourth-order valence-electron chi connectivity index (χ4n) is 6.89. The van der Waals surface area contributed by atoms with E-state index in [4.69, 9.17) is 0 Å². The van der Waals surface area contributed by atoms with Crippen molar-refractivity contribution in [1.29, 1.82) is 0 Å². The molecule has 0 unspecified atom stereocenters. The Hall–Kier alpha value is -0.340. The molecular formula is C20H32O2. The van der Waals surface area contributed by atoms with E-state index in [1.165, 1.54) is 25.7 Å². The molecule has 0 saturated heterocycles. The Labute approximate surface area is 135 Å². The summed E-state index contributed by atoms with van der Waals surface area (Å²) in [5.41, 5.74) is 1.50. The third-order valence-electron chi connectivity index (χ3n) is 8.64. The van der Waals surface area contributed by atoms with Crippen molar-refractivity contribution in [1.82, 2.24) is 0 Å². The predicted octanol–water partition coefficient (Wildman–Crippen LogP) is 4.06. The van der Waals surface area contributed by atoms with E-state index >= 15 is 0 Å². The fraction of sp³-hybridized carbons (Fsp3) is 0.900. The van der Waals surface area contributed by atoms with Gasteiger partial charge in [-0.15, -0.1) is 0 Å². The summed E-state index contributed by atoms with van der Waals surface area (Å²) in [4.78, 5) is 0. The number of allylic oxidation sites excluding steroid dienone is 1. The zero-order chi connectivity index (χ0) is 15.8. The molecule has 2 heteroatoms. The fourth-order valence-corrected chi connectivity index (χ4v) is 6.89. The lowest BCUT2D eigenvalue weighted by Gasteiger charge is -2.58. The Morgan fingerprint density at radius 3 is 2.50 bits per heavy atom. The van der Waals surface area contributed by atoms with Crippen molar-refractivity contribution in [3.05, 3.63) is 11.6 Å². The van der Waals surface area contributed by atoms with Gasteiger partial charge in [0.05, 0.1) is 11.7 Å². The van der Waals surface area contributed by atoms with Crippen molar-refractivity contribution in [3.8, 4) is 0 Å². The van der Waals surface area contributed by atoms with E-state index in [1.54, 1.807) is 5.57 Å². The second-order valence-electron chi connectivity index (χ2n) is 9.42. The molecule has 2 N–H and O–H groups in total. The molecule has 7 atom stereocenters. The number of aliphatic hydroxyl groups is 2. The first kappa shape index (κ1) is 15.2. The molecule has 0 radical (unpaired) electrons. The lowest BCUT2D eigenvalue weighted by Crippen LogP contribution is -2.53. The molecule has 2 nitrogen and oxygen atoms in total. The SMILES string of the molecule is C[C@]12CC[C@H](O)CC1=CC[C@@H]1[C@H]2CC[C@@]2(C)[C@H]1CC[C@]2(C)O. The van der Waals surface area contributed by atoms with Crippen molar-refractivity contribution < 1.29 is 10.2 Å². The van der Waals surface area contributed by atoms with Crippen LogP contribution in [0.2, 0.25) is 0 Å². The molecule has 3 saturated carbocycles. The van der Waals surface area contributed by atoms with Gasteiger partial charge >= 0.3 is 0 Å². The number of fused-ring (bicyclic) bond motifs is 5. The molecule has 3 fully saturated rings. The molecule has 124 valence electrons. The van der Waals surface area contributed by atoms with Crippen LogP contribution in [0.25, 0.3) is 0 Å². The second kappa shape index (κ2) is 4.60. The van der Waals surface area contributed by atoms with Crippen LogP contribution in [0.1, 0.15) is 72.1 Å². The van der Waals surface area contributed by atoms with Gasteiger partial charge in [-0.2, -0.15) is 0 Å². The van der Waals surface area contributed by atoms with Crippen LogP contribution in [0.4, 0.5) is 0 Å². The molecule has 22 heavy (non-hydrogen) atoms. The van der Waals surface area contributed by atoms with Crippen molar-refractivity contribution >= 4 is 0 Å². The largest absolute Gasteiger partial charge is 0.393 e. The summed E-state index contributed by atoms with van der Waals surface area (Å²) < 4.78 is 0. The van der Waals surface area contributed by atoms with E-state index in [0.29, 0.717) is 11.3 Å².